The average Bonchev–Trinajstić information content (AvgIpc) is 3.00. The van der Waals surface area contributed by atoms with Crippen LogP contribution in [0.5, 0.6) is 0 Å². The second-order valence-electron chi connectivity index (χ2n) is 4.93. The molecule has 2 N–H and O–H groups in total. The van der Waals surface area contributed by atoms with Crippen molar-refractivity contribution in [2.75, 3.05) is 10.6 Å². The maximum Gasteiger partial charge on any atom is 0.187 e. The quantitative estimate of drug-likeness (QED) is 0.658. The zero-order chi connectivity index (χ0) is 16.2. The molecule has 0 aliphatic heterocycles. The zero-order valence-corrected chi connectivity index (χ0v) is 14.1. The van der Waals surface area contributed by atoms with Crippen LogP contribution >= 0.6 is 22.9 Å². The Bertz CT molecular complexity index is 809. The van der Waals surface area contributed by atoms with Crippen LogP contribution in [0.25, 0.3) is 5.70 Å². The first-order valence-corrected chi connectivity index (χ1v) is 8.17. The minimum atomic E-state index is 0.672. The highest BCUT2D eigenvalue weighted by atomic mass is 35.5. The predicted molar refractivity (Wildman–Crippen MR) is 98.5 cm³/mol. The molecule has 2 aromatic heterocycles. The van der Waals surface area contributed by atoms with Crippen molar-refractivity contribution in [1.82, 2.24) is 9.97 Å². The highest BCUT2D eigenvalue weighted by Crippen LogP contribution is 2.31. The molecule has 0 spiro atoms. The molecule has 0 saturated heterocycles. The third kappa shape index (κ3) is 3.70. The van der Waals surface area contributed by atoms with Crippen LogP contribution in [0, 0.1) is 6.92 Å². The van der Waals surface area contributed by atoms with Crippen molar-refractivity contribution < 1.29 is 0 Å². The van der Waals surface area contributed by atoms with E-state index in [0.717, 1.165) is 32.6 Å². The largest absolute Gasteiger partial charge is 0.353 e. The van der Waals surface area contributed by atoms with Gasteiger partial charge in [0.2, 0.25) is 0 Å². The standard InChI is InChI=1S/C17H15ClN4S/c1-11-4-3-5-14(18)16(11)21-12(2)15-10-20-17(23-15)22-13-6-8-19-9-7-13/h3-10,21H,2H2,1H3,(H,19,20,22). The summed E-state index contributed by atoms with van der Waals surface area (Å²) in [4.78, 5) is 9.31. The van der Waals surface area contributed by atoms with Crippen molar-refractivity contribution >= 4 is 45.1 Å². The maximum atomic E-state index is 6.24. The Morgan fingerprint density at radius 1 is 1.22 bits per heavy atom. The summed E-state index contributed by atoms with van der Waals surface area (Å²) in [5.74, 6) is 0. The van der Waals surface area contributed by atoms with Crippen molar-refractivity contribution in [1.29, 1.82) is 0 Å². The summed E-state index contributed by atoms with van der Waals surface area (Å²) in [6.07, 6.45) is 5.25. The number of aromatic nitrogens is 2. The lowest BCUT2D eigenvalue weighted by Gasteiger charge is -2.12. The van der Waals surface area contributed by atoms with E-state index < -0.39 is 0 Å². The van der Waals surface area contributed by atoms with Crippen LogP contribution in [0.4, 0.5) is 16.5 Å². The second-order valence-corrected chi connectivity index (χ2v) is 6.36. The van der Waals surface area contributed by atoms with Gasteiger partial charge in [-0.05, 0) is 30.7 Å². The Hall–Kier alpha value is -2.37. The summed E-state index contributed by atoms with van der Waals surface area (Å²) in [5.41, 5.74) is 3.65. The summed E-state index contributed by atoms with van der Waals surface area (Å²) < 4.78 is 0. The number of halogens is 1. The number of nitrogens with one attached hydrogen (secondary N) is 2. The van der Waals surface area contributed by atoms with E-state index in [9.17, 15) is 0 Å². The smallest absolute Gasteiger partial charge is 0.187 e. The van der Waals surface area contributed by atoms with Gasteiger partial charge in [-0.15, -0.1) is 0 Å². The van der Waals surface area contributed by atoms with Crippen LogP contribution in [-0.2, 0) is 0 Å². The molecule has 0 aliphatic carbocycles. The fourth-order valence-electron chi connectivity index (χ4n) is 2.03. The first-order valence-electron chi connectivity index (χ1n) is 6.98. The van der Waals surface area contributed by atoms with Gasteiger partial charge in [0.1, 0.15) is 0 Å². The number of para-hydroxylation sites is 1. The van der Waals surface area contributed by atoms with E-state index in [4.69, 9.17) is 11.6 Å². The van der Waals surface area contributed by atoms with Gasteiger partial charge in [0, 0.05) is 24.3 Å². The molecule has 0 aliphatic rings. The summed E-state index contributed by atoms with van der Waals surface area (Å²) in [6, 6.07) is 9.56. The van der Waals surface area contributed by atoms with E-state index in [1.807, 2.05) is 37.3 Å². The molecule has 0 saturated carbocycles. The number of nitrogens with zero attached hydrogens (tertiary/aromatic N) is 2. The number of pyridine rings is 1. The number of anilines is 3. The first kappa shape index (κ1) is 15.5. The van der Waals surface area contributed by atoms with Crippen LogP contribution in [0.2, 0.25) is 5.02 Å². The van der Waals surface area contributed by atoms with Crippen LogP contribution in [0.15, 0.2) is 55.5 Å². The van der Waals surface area contributed by atoms with Gasteiger partial charge >= 0.3 is 0 Å². The fourth-order valence-corrected chi connectivity index (χ4v) is 3.06. The minimum Gasteiger partial charge on any atom is -0.353 e. The van der Waals surface area contributed by atoms with Gasteiger partial charge in [0.15, 0.2) is 5.13 Å². The number of aryl methyl sites for hydroxylation is 1. The Morgan fingerprint density at radius 3 is 2.74 bits per heavy atom. The van der Waals surface area contributed by atoms with E-state index >= 15 is 0 Å². The normalized spacial score (nSPS) is 10.3. The molecule has 23 heavy (non-hydrogen) atoms. The van der Waals surface area contributed by atoms with Gasteiger partial charge in [-0.1, -0.05) is 41.6 Å². The third-order valence-electron chi connectivity index (χ3n) is 3.23. The molecule has 0 atom stereocenters. The number of hydrogen-bond donors (Lipinski definition) is 2. The van der Waals surface area contributed by atoms with Crippen molar-refractivity contribution in [3.05, 3.63) is 71.0 Å². The molecular formula is C17H15ClN4S. The topological polar surface area (TPSA) is 49.8 Å². The van der Waals surface area contributed by atoms with E-state index in [1.54, 1.807) is 18.6 Å². The van der Waals surface area contributed by atoms with Crippen molar-refractivity contribution in [3.8, 4) is 0 Å². The molecule has 0 radical (unpaired) electrons. The molecule has 2 heterocycles. The van der Waals surface area contributed by atoms with Crippen LogP contribution in [0.3, 0.4) is 0 Å². The van der Waals surface area contributed by atoms with Crippen molar-refractivity contribution in [3.63, 3.8) is 0 Å². The molecule has 0 amide bonds. The molecule has 0 bridgehead atoms. The fraction of sp³-hybridized carbons (Fsp3) is 0.0588. The lowest BCUT2D eigenvalue weighted by Crippen LogP contribution is -1.98. The predicted octanol–water partition coefficient (Wildman–Crippen LogP) is 5.33. The Balaban J connectivity index is 1.74. The van der Waals surface area contributed by atoms with E-state index in [0.29, 0.717) is 5.02 Å². The molecule has 116 valence electrons. The number of thiazole rings is 1. The highest BCUT2D eigenvalue weighted by molar-refractivity contribution is 7.16. The number of rotatable bonds is 5. The summed E-state index contributed by atoms with van der Waals surface area (Å²) >= 11 is 7.76. The van der Waals surface area contributed by atoms with Gasteiger partial charge in [0.25, 0.3) is 0 Å². The monoisotopic (exact) mass is 342 g/mol. The molecule has 0 unspecified atom stereocenters. The highest BCUT2D eigenvalue weighted by Gasteiger charge is 2.09. The van der Waals surface area contributed by atoms with Gasteiger partial charge < -0.3 is 10.6 Å². The average molecular weight is 343 g/mol. The van der Waals surface area contributed by atoms with E-state index in [-0.39, 0.29) is 0 Å². The molecule has 6 heteroatoms. The molecular weight excluding hydrogens is 328 g/mol. The molecule has 1 aromatic carbocycles. The Morgan fingerprint density at radius 2 is 2.00 bits per heavy atom. The molecule has 3 aromatic rings. The van der Waals surface area contributed by atoms with Crippen molar-refractivity contribution in [2.24, 2.45) is 0 Å². The second kappa shape index (κ2) is 6.81. The van der Waals surface area contributed by atoms with Crippen LogP contribution in [-0.4, -0.2) is 9.97 Å². The molecule has 4 nitrogen and oxygen atoms in total. The summed E-state index contributed by atoms with van der Waals surface area (Å²) in [6.45, 7) is 6.09. The lowest BCUT2D eigenvalue weighted by atomic mass is 10.2. The Labute approximate surface area is 143 Å². The Kier molecular flexibility index (Phi) is 4.60. The van der Waals surface area contributed by atoms with Crippen molar-refractivity contribution in [2.45, 2.75) is 6.92 Å². The minimum absolute atomic E-state index is 0.672. The van der Waals surface area contributed by atoms with Gasteiger partial charge in [0.05, 0.1) is 21.3 Å². The van der Waals surface area contributed by atoms with Gasteiger partial charge in [-0.2, -0.15) is 0 Å². The number of hydrogen-bond acceptors (Lipinski definition) is 5. The third-order valence-corrected chi connectivity index (χ3v) is 4.52. The number of benzene rings is 1. The SMILES string of the molecule is C=C(Nc1c(C)cccc1Cl)c1cnc(Nc2ccncc2)s1. The summed E-state index contributed by atoms with van der Waals surface area (Å²) in [7, 11) is 0. The summed E-state index contributed by atoms with van der Waals surface area (Å²) in [5, 5.41) is 7.98. The first-order chi connectivity index (χ1) is 11.1. The maximum absolute atomic E-state index is 6.24. The lowest BCUT2D eigenvalue weighted by molar-refractivity contribution is 1.31. The van der Waals surface area contributed by atoms with Gasteiger partial charge in [-0.25, -0.2) is 4.98 Å². The van der Waals surface area contributed by atoms with E-state index in [1.165, 1.54) is 11.3 Å². The van der Waals surface area contributed by atoms with Gasteiger partial charge in [-0.3, -0.25) is 4.98 Å². The van der Waals surface area contributed by atoms with Crippen LogP contribution < -0.4 is 10.6 Å². The molecule has 0 fully saturated rings. The van der Waals surface area contributed by atoms with E-state index in [2.05, 4.69) is 27.2 Å². The zero-order valence-electron chi connectivity index (χ0n) is 12.5. The molecule has 3 rings (SSSR count). The van der Waals surface area contributed by atoms with Crippen LogP contribution in [0.1, 0.15) is 10.4 Å².